The van der Waals surface area contributed by atoms with Crippen molar-refractivity contribution in [3.8, 4) is 6.07 Å². The molecule has 8 nitrogen and oxygen atoms in total. The predicted octanol–water partition coefficient (Wildman–Crippen LogP) is 2.45. The first kappa shape index (κ1) is 22.4. The van der Waals surface area contributed by atoms with Gasteiger partial charge in [0.2, 0.25) is 10.0 Å². The summed E-state index contributed by atoms with van der Waals surface area (Å²) in [4.78, 5) is 23.9. The lowest BCUT2D eigenvalue weighted by Gasteiger charge is -2.14. The number of ether oxygens (including phenoxy) is 1. The van der Waals surface area contributed by atoms with E-state index >= 15 is 0 Å². The molecule has 0 radical (unpaired) electrons. The van der Waals surface area contributed by atoms with Gasteiger partial charge in [-0.15, -0.1) is 0 Å². The summed E-state index contributed by atoms with van der Waals surface area (Å²) in [7, 11) is -3.87. The maximum atomic E-state index is 12.2. The molecule has 0 fully saturated rings. The van der Waals surface area contributed by atoms with Crippen LogP contribution in [0, 0.1) is 11.3 Å². The number of nitriles is 1. The Hall–Kier alpha value is -2.93. The molecule has 29 heavy (non-hydrogen) atoms. The van der Waals surface area contributed by atoms with Crippen molar-refractivity contribution in [2.24, 2.45) is 0 Å². The lowest BCUT2D eigenvalue weighted by Crippen LogP contribution is -2.32. The minimum absolute atomic E-state index is 0.0654. The zero-order valence-corrected chi connectivity index (χ0v) is 17.0. The van der Waals surface area contributed by atoms with Gasteiger partial charge in [0.15, 0.2) is 6.10 Å². The molecule has 0 bridgehead atoms. The van der Waals surface area contributed by atoms with Gasteiger partial charge in [-0.2, -0.15) is 5.26 Å². The van der Waals surface area contributed by atoms with Crippen LogP contribution in [0.15, 0.2) is 53.4 Å². The first-order valence-electron chi connectivity index (χ1n) is 8.47. The molecular weight excluding hydrogens is 418 g/mol. The zero-order valence-electron chi connectivity index (χ0n) is 15.4. The van der Waals surface area contributed by atoms with Crippen molar-refractivity contribution < 1.29 is 22.7 Å². The van der Waals surface area contributed by atoms with Crippen LogP contribution in [0.3, 0.4) is 0 Å². The quantitative estimate of drug-likeness (QED) is 0.613. The van der Waals surface area contributed by atoms with E-state index in [9.17, 15) is 18.0 Å². The van der Waals surface area contributed by atoms with Gasteiger partial charge in [0.25, 0.3) is 5.91 Å². The molecule has 0 saturated heterocycles. The number of sulfonamides is 1. The molecule has 1 atom stereocenters. The molecule has 1 unspecified atom stereocenters. The van der Waals surface area contributed by atoms with E-state index in [1.165, 1.54) is 37.3 Å². The highest BCUT2D eigenvalue weighted by Crippen LogP contribution is 2.20. The van der Waals surface area contributed by atoms with Crippen LogP contribution in [0.25, 0.3) is 0 Å². The van der Waals surface area contributed by atoms with Crippen molar-refractivity contribution in [1.29, 1.82) is 5.26 Å². The third-order valence-corrected chi connectivity index (χ3v) is 5.67. The van der Waals surface area contributed by atoms with Crippen LogP contribution < -0.4 is 10.0 Å². The number of amides is 1. The zero-order chi connectivity index (χ0) is 21.4. The van der Waals surface area contributed by atoms with Gasteiger partial charge in [-0.05, 0) is 43.3 Å². The average molecular weight is 436 g/mol. The molecular formula is C19H18ClN3O5S. The minimum atomic E-state index is -3.87. The van der Waals surface area contributed by atoms with Crippen LogP contribution in [-0.4, -0.2) is 32.9 Å². The van der Waals surface area contributed by atoms with Crippen LogP contribution >= 0.6 is 11.6 Å². The second-order valence-corrected chi connectivity index (χ2v) is 8.03. The van der Waals surface area contributed by atoms with Crippen molar-refractivity contribution in [3.63, 3.8) is 0 Å². The fraction of sp³-hybridized carbons (Fsp3) is 0.211. The Morgan fingerprint density at radius 2 is 1.83 bits per heavy atom. The van der Waals surface area contributed by atoms with Gasteiger partial charge in [0, 0.05) is 12.2 Å². The van der Waals surface area contributed by atoms with Crippen molar-refractivity contribution in [1.82, 2.24) is 4.72 Å². The number of benzene rings is 2. The van der Waals surface area contributed by atoms with E-state index in [1.807, 2.05) is 6.07 Å². The molecule has 10 heteroatoms. The Bertz CT molecular complexity index is 1030. The minimum Gasteiger partial charge on any atom is -0.452 e. The fourth-order valence-corrected chi connectivity index (χ4v) is 3.76. The number of hydrogen-bond acceptors (Lipinski definition) is 6. The SMILES string of the molecule is CC(OC(=O)CCNS(=O)(=O)c1ccccc1Cl)C(=O)Nc1ccc(C#N)cc1. The Morgan fingerprint density at radius 1 is 1.17 bits per heavy atom. The van der Waals surface area contributed by atoms with Crippen molar-refractivity contribution in [2.45, 2.75) is 24.3 Å². The van der Waals surface area contributed by atoms with Gasteiger partial charge in [-0.25, -0.2) is 13.1 Å². The lowest BCUT2D eigenvalue weighted by atomic mass is 10.2. The van der Waals surface area contributed by atoms with E-state index in [0.29, 0.717) is 11.3 Å². The number of nitrogens with one attached hydrogen (secondary N) is 2. The highest BCUT2D eigenvalue weighted by molar-refractivity contribution is 7.89. The van der Waals surface area contributed by atoms with E-state index < -0.39 is 28.0 Å². The maximum Gasteiger partial charge on any atom is 0.307 e. The molecule has 1 amide bonds. The number of rotatable bonds is 8. The normalized spacial score (nSPS) is 11.9. The van der Waals surface area contributed by atoms with Crippen LogP contribution in [0.1, 0.15) is 18.9 Å². The van der Waals surface area contributed by atoms with E-state index in [2.05, 4.69) is 10.0 Å². The number of esters is 1. The van der Waals surface area contributed by atoms with Crippen LogP contribution in [0.5, 0.6) is 0 Å². The third kappa shape index (κ3) is 6.57. The van der Waals surface area contributed by atoms with E-state index in [0.717, 1.165) is 0 Å². The molecule has 2 aromatic carbocycles. The predicted molar refractivity (Wildman–Crippen MR) is 107 cm³/mol. The summed E-state index contributed by atoms with van der Waals surface area (Å²) in [5.74, 6) is -1.30. The molecule has 0 aromatic heterocycles. The maximum absolute atomic E-state index is 12.2. The molecule has 0 spiro atoms. The summed E-state index contributed by atoms with van der Waals surface area (Å²) in [5.41, 5.74) is 0.895. The van der Waals surface area contributed by atoms with Gasteiger partial charge in [0.05, 0.1) is 23.1 Å². The molecule has 2 N–H and O–H groups in total. The van der Waals surface area contributed by atoms with Gasteiger partial charge >= 0.3 is 5.97 Å². The van der Waals surface area contributed by atoms with Crippen molar-refractivity contribution in [2.75, 3.05) is 11.9 Å². The molecule has 0 heterocycles. The van der Waals surface area contributed by atoms with Gasteiger partial charge in [-0.1, -0.05) is 23.7 Å². The molecule has 0 aliphatic carbocycles. The first-order chi connectivity index (χ1) is 13.7. The Balaban J connectivity index is 1.81. The Labute approximate surface area is 173 Å². The standard InChI is InChI=1S/C19H18ClN3O5S/c1-13(19(25)23-15-8-6-14(12-21)7-9-15)28-18(24)10-11-22-29(26,27)17-5-3-2-4-16(17)20/h2-9,13,22H,10-11H2,1H3,(H,23,25). The summed E-state index contributed by atoms with van der Waals surface area (Å²) in [5, 5.41) is 11.4. The monoisotopic (exact) mass is 435 g/mol. The van der Waals surface area contributed by atoms with E-state index in [1.54, 1.807) is 18.2 Å². The van der Waals surface area contributed by atoms with Crippen LogP contribution in [0.4, 0.5) is 5.69 Å². The molecule has 152 valence electrons. The molecule has 2 rings (SSSR count). The Morgan fingerprint density at radius 3 is 2.45 bits per heavy atom. The number of halogens is 1. The topological polar surface area (TPSA) is 125 Å². The Kier molecular flexibility index (Phi) is 7.73. The summed E-state index contributed by atoms with van der Waals surface area (Å²) in [6.45, 7) is 1.18. The smallest absolute Gasteiger partial charge is 0.307 e. The summed E-state index contributed by atoms with van der Waals surface area (Å²) in [6.07, 6.45) is -1.35. The summed E-state index contributed by atoms with van der Waals surface area (Å²) in [6, 6.07) is 14.1. The molecule has 0 saturated carbocycles. The van der Waals surface area contributed by atoms with Gasteiger partial charge in [-0.3, -0.25) is 9.59 Å². The number of carbonyl (C=O) groups is 2. The number of hydrogen-bond donors (Lipinski definition) is 2. The first-order valence-corrected chi connectivity index (χ1v) is 10.3. The van der Waals surface area contributed by atoms with Gasteiger partial charge in [0.1, 0.15) is 4.90 Å². The number of anilines is 1. The fourth-order valence-electron chi connectivity index (χ4n) is 2.21. The largest absolute Gasteiger partial charge is 0.452 e. The van der Waals surface area contributed by atoms with E-state index in [-0.39, 0.29) is 22.9 Å². The van der Waals surface area contributed by atoms with Crippen molar-refractivity contribution in [3.05, 3.63) is 59.1 Å². The second-order valence-electron chi connectivity index (χ2n) is 5.89. The lowest BCUT2D eigenvalue weighted by molar-refractivity contribution is -0.152. The summed E-state index contributed by atoms with van der Waals surface area (Å²) >= 11 is 5.87. The second kappa shape index (κ2) is 10.0. The third-order valence-electron chi connectivity index (χ3n) is 3.71. The summed E-state index contributed by atoms with van der Waals surface area (Å²) < 4.78 is 31.6. The van der Waals surface area contributed by atoms with E-state index in [4.69, 9.17) is 21.6 Å². The van der Waals surface area contributed by atoms with Crippen LogP contribution in [0.2, 0.25) is 5.02 Å². The van der Waals surface area contributed by atoms with Crippen molar-refractivity contribution >= 4 is 39.2 Å². The highest BCUT2D eigenvalue weighted by atomic mass is 35.5. The van der Waals surface area contributed by atoms with Gasteiger partial charge < -0.3 is 10.1 Å². The molecule has 0 aliphatic heterocycles. The molecule has 0 aliphatic rings. The van der Waals surface area contributed by atoms with Crippen LogP contribution in [-0.2, 0) is 24.3 Å². The highest BCUT2D eigenvalue weighted by Gasteiger charge is 2.20. The number of nitrogens with zero attached hydrogens (tertiary/aromatic N) is 1. The molecule has 2 aromatic rings. The number of carbonyl (C=O) groups excluding carboxylic acids is 2. The average Bonchev–Trinajstić information content (AvgIpc) is 2.68.